The van der Waals surface area contributed by atoms with Gasteiger partial charge < -0.3 is 0 Å². The van der Waals surface area contributed by atoms with E-state index in [1.54, 1.807) is 11.8 Å². The molecule has 0 fully saturated rings. The lowest BCUT2D eigenvalue weighted by Crippen LogP contribution is -1.86. The minimum Gasteiger partial charge on any atom is -0.298 e. The molecule has 106 valence electrons. The van der Waals surface area contributed by atoms with E-state index < -0.39 is 0 Å². The van der Waals surface area contributed by atoms with Gasteiger partial charge in [-0.3, -0.25) is 4.79 Å². The van der Waals surface area contributed by atoms with Gasteiger partial charge in [-0.1, -0.05) is 60.3 Å². The number of hydrogen-bond donors (Lipinski definition) is 0. The van der Waals surface area contributed by atoms with E-state index in [9.17, 15) is 4.79 Å². The van der Waals surface area contributed by atoms with Crippen LogP contribution in [0.25, 0.3) is 11.1 Å². The molecular formula is C20H14OS. The van der Waals surface area contributed by atoms with Crippen LogP contribution in [0.4, 0.5) is 0 Å². The summed E-state index contributed by atoms with van der Waals surface area (Å²) in [5.41, 5.74) is 6.24. The summed E-state index contributed by atoms with van der Waals surface area (Å²) in [6, 6.07) is 22.9. The zero-order valence-corrected chi connectivity index (χ0v) is 12.8. The molecule has 2 heteroatoms. The number of rotatable bonds is 3. The number of aldehydes is 1. The molecule has 3 aromatic carbocycles. The number of benzene rings is 3. The summed E-state index contributed by atoms with van der Waals surface area (Å²) in [7, 11) is 0. The van der Waals surface area contributed by atoms with E-state index in [2.05, 4.69) is 42.5 Å². The molecule has 0 unspecified atom stereocenters. The first-order valence-electron chi connectivity index (χ1n) is 7.28. The Balaban J connectivity index is 1.71. The first kappa shape index (κ1) is 13.4. The van der Waals surface area contributed by atoms with Crippen LogP contribution >= 0.6 is 11.8 Å². The first-order valence-corrected chi connectivity index (χ1v) is 8.10. The summed E-state index contributed by atoms with van der Waals surface area (Å²) in [5, 5.41) is 0. The van der Waals surface area contributed by atoms with Gasteiger partial charge in [0.2, 0.25) is 0 Å². The highest BCUT2D eigenvalue weighted by Crippen LogP contribution is 2.42. The van der Waals surface area contributed by atoms with Gasteiger partial charge >= 0.3 is 0 Å². The van der Waals surface area contributed by atoms with Gasteiger partial charge in [0.05, 0.1) is 0 Å². The van der Waals surface area contributed by atoms with Gasteiger partial charge in [-0.05, 0) is 46.9 Å². The SMILES string of the molecule is O=Cc1ccc(Sc2cccc3c2Cc2ccccc2-3)cc1. The van der Waals surface area contributed by atoms with Crippen molar-refractivity contribution >= 4 is 18.0 Å². The minimum absolute atomic E-state index is 0.718. The second-order valence-electron chi connectivity index (χ2n) is 5.41. The molecule has 0 N–H and O–H groups in total. The van der Waals surface area contributed by atoms with Crippen molar-refractivity contribution in [2.45, 2.75) is 16.2 Å². The van der Waals surface area contributed by atoms with Crippen molar-refractivity contribution < 1.29 is 4.79 Å². The molecule has 0 aromatic heterocycles. The lowest BCUT2D eigenvalue weighted by molar-refractivity contribution is 0.112. The zero-order valence-electron chi connectivity index (χ0n) is 12.0. The standard InChI is InChI=1S/C20H14OS/c21-13-14-8-10-16(11-9-14)22-20-7-3-6-18-17-5-2-1-4-15(17)12-19(18)20/h1-11,13H,12H2. The normalized spacial score (nSPS) is 11.8. The molecule has 0 aliphatic heterocycles. The fourth-order valence-electron chi connectivity index (χ4n) is 2.97. The van der Waals surface area contributed by atoms with Crippen molar-refractivity contribution in [1.29, 1.82) is 0 Å². The van der Waals surface area contributed by atoms with Crippen molar-refractivity contribution in [3.05, 3.63) is 83.4 Å². The number of hydrogen-bond acceptors (Lipinski definition) is 2. The Hall–Kier alpha value is -2.32. The monoisotopic (exact) mass is 302 g/mol. The van der Waals surface area contributed by atoms with Crippen molar-refractivity contribution in [3.8, 4) is 11.1 Å². The van der Waals surface area contributed by atoms with Crippen molar-refractivity contribution in [2.24, 2.45) is 0 Å². The smallest absolute Gasteiger partial charge is 0.150 e. The van der Waals surface area contributed by atoms with Crippen LogP contribution in [0, 0.1) is 0 Å². The summed E-state index contributed by atoms with van der Waals surface area (Å²) in [4.78, 5) is 13.2. The van der Waals surface area contributed by atoms with Crippen molar-refractivity contribution in [3.63, 3.8) is 0 Å². The summed E-state index contributed by atoms with van der Waals surface area (Å²) >= 11 is 1.77. The molecule has 22 heavy (non-hydrogen) atoms. The largest absolute Gasteiger partial charge is 0.298 e. The number of carbonyl (C=O) groups excluding carboxylic acids is 1. The number of fused-ring (bicyclic) bond motifs is 3. The molecule has 0 atom stereocenters. The van der Waals surface area contributed by atoms with Gasteiger partial charge in [-0.2, -0.15) is 0 Å². The molecule has 3 aromatic rings. The predicted molar refractivity (Wildman–Crippen MR) is 90.6 cm³/mol. The van der Waals surface area contributed by atoms with E-state index in [0.717, 1.165) is 23.2 Å². The lowest BCUT2D eigenvalue weighted by Gasteiger charge is -2.08. The van der Waals surface area contributed by atoms with E-state index in [-0.39, 0.29) is 0 Å². The van der Waals surface area contributed by atoms with Crippen LogP contribution in [0.1, 0.15) is 21.5 Å². The molecule has 0 saturated carbocycles. The third kappa shape index (κ3) is 2.26. The van der Waals surface area contributed by atoms with Crippen molar-refractivity contribution in [1.82, 2.24) is 0 Å². The van der Waals surface area contributed by atoms with Crippen LogP contribution in [0.3, 0.4) is 0 Å². The molecule has 0 radical (unpaired) electrons. The Kier molecular flexibility index (Phi) is 3.32. The van der Waals surface area contributed by atoms with Gasteiger partial charge in [-0.15, -0.1) is 0 Å². The van der Waals surface area contributed by atoms with Gasteiger partial charge in [0.1, 0.15) is 6.29 Å². The highest BCUT2D eigenvalue weighted by atomic mass is 32.2. The maximum Gasteiger partial charge on any atom is 0.150 e. The van der Waals surface area contributed by atoms with Gasteiger partial charge in [-0.25, -0.2) is 0 Å². The van der Waals surface area contributed by atoms with Crippen molar-refractivity contribution in [2.75, 3.05) is 0 Å². The van der Waals surface area contributed by atoms with Crippen LogP contribution in [0.15, 0.2) is 76.5 Å². The quantitative estimate of drug-likeness (QED) is 0.482. The topological polar surface area (TPSA) is 17.1 Å². The highest BCUT2D eigenvalue weighted by Gasteiger charge is 2.20. The molecule has 1 aliphatic carbocycles. The molecule has 0 amide bonds. The second kappa shape index (κ2) is 5.47. The minimum atomic E-state index is 0.718. The Morgan fingerprint density at radius 1 is 0.818 bits per heavy atom. The highest BCUT2D eigenvalue weighted by molar-refractivity contribution is 7.99. The fourth-order valence-corrected chi connectivity index (χ4v) is 3.94. The van der Waals surface area contributed by atoms with Crippen LogP contribution in [0.2, 0.25) is 0 Å². The van der Waals surface area contributed by atoms with E-state index in [4.69, 9.17) is 0 Å². The Morgan fingerprint density at radius 3 is 2.41 bits per heavy atom. The third-order valence-electron chi connectivity index (χ3n) is 4.05. The van der Waals surface area contributed by atoms with Crippen LogP contribution in [-0.4, -0.2) is 6.29 Å². The zero-order chi connectivity index (χ0) is 14.9. The molecule has 4 rings (SSSR count). The van der Waals surface area contributed by atoms with E-state index in [1.807, 2.05) is 24.3 Å². The van der Waals surface area contributed by atoms with Crippen LogP contribution in [-0.2, 0) is 6.42 Å². The molecule has 1 nitrogen and oxygen atoms in total. The summed E-state index contributed by atoms with van der Waals surface area (Å²) in [6.45, 7) is 0. The predicted octanol–water partition coefficient (Wildman–Crippen LogP) is 5.22. The van der Waals surface area contributed by atoms with E-state index in [0.29, 0.717) is 0 Å². The summed E-state index contributed by atoms with van der Waals surface area (Å²) in [5.74, 6) is 0. The van der Waals surface area contributed by atoms with Gasteiger partial charge in [0.15, 0.2) is 0 Å². The average molecular weight is 302 g/mol. The van der Waals surface area contributed by atoms with E-state index in [1.165, 1.54) is 27.1 Å². The average Bonchev–Trinajstić information content (AvgIpc) is 2.95. The second-order valence-corrected chi connectivity index (χ2v) is 6.52. The molecule has 0 spiro atoms. The van der Waals surface area contributed by atoms with Gasteiger partial charge in [0.25, 0.3) is 0 Å². The number of carbonyl (C=O) groups is 1. The Labute approximate surface area is 134 Å². The van der Waals surface area contributed by atoms with Crippen LogP contribution in [0.5, 0.6) is 0 Å². The molecular weight excluding hydrogens is 288 g/mol. The lowest BCUT2D eigenvalue weighted by atomic mass is 10.1. The maximum atomic E-state index is 10.7. The maximum absolute atomic E-state index is 10.7. The fraction of sp³-hybridized carbons (Fsp3) is 0.0500. The molecule has 0 heterocycles. The Morgan fingerprint density at radius 2 is 1.59 bits per heavy atom. The molecule has 0 saturated heterocycles. The van der Waals surface area contributed by atoms with E-state index >= 15 is 0 Å². The summed E-state index contributed by atoms with van der Waals surface area (Å²) < 4.78 is 0. The molecule has 0 bridgehead atoms. The third-order valence-corrected chi connectivity index (χ3v) is 5.16. The molecule has 1 aliphatic rings. The first-order chi connectivity index (χ1) is 10.8. The van der Waals surface area contributed by atoms with Crippen LogP contribution < -0.4 is 0 Å². The van der Waals surface area contributed by atoms with Gasteiger partial charge in [0, 0.05) is 15.4 Å². The Bertz CT molecular complexity index is 850. The summed E-state index contributed by atoms with van der Waals surface area (Å²) in [6.07, 6.45) is 1.88.